The molecule has 162 valence electrons. The number of phenols is 1. The van der Waals surface area contributed by atoms with Crippen molar-refractivity contribution in [1.29, 1.82) is 0 Å². The van der Waals surface area contributed by atoms with Gasteiger partial charge in [-0.1, -0.05) is 23.2 Å². The van der Waals surface area contributed by atoms with Crippen LogP contribution in [-0.2, 0) is 24.2 Å². The Kier molecular flexibility index (Phi) is 7.57. The lowest BCUT2D eigenvalue weighted by Gasteiger charge is -2.14. The highest BCUT2D eigenvalue weighted by molar-refractivity contribution is 7.92. The third kappa shape index (κ3) is 5.35. The molecule has 1 amide bonds. The van der Waals surface area contributed by atoms with Crippen LogP contribution in [0.1, 0.15) is 20.8 Å². The van der Waals surface area contributed by atoms with Crippen LogP contribution in [-0.4, -0.2) is 37.3 Å². The molecule has 2 rings (SSSR count). The fourth-order valence-corrected chi connectivity index (χ4v) is 3.98. The topological polar surface area (TPSA) is 119 Å². The van der Waals surface area contributed by atoms with Gasteiger partial charge in [0.15, 0.2) is 15.6 Å². The quantitative estimate of drug-likeness (QED) is 0.474. The highest BCUT2D eigenvalue weighted by Gasteiger charge is 2.24. The van der Waals surface area contributed by atoms with Crippen molar-refractivity contribution in [3.63, 3.8) is 0 Å². The predicted octanol–water partition coefficient (Wildman–Crippen LogP) is 4.18. The van der Waals surface area contributed by atoms with Gasteiger partial charge in [0, 0.05) is 11.8 Å². The molecular weight excluding hydrogens is 457 g/mol. The number of nitrogens with one attached hydrogen (secondary N) is 1. The largest absolute Gasteiger partial charge is 0.507 e. The first-order chi connectivity index (χ1) is 14.0. The van der Waals surface area contributed by atoms with Gasteiger partial charge in [-0.3, -0.25) is 4.79 Å². The number of hydrogen-bond acceptors (Lipinski definition) is 7. The molecule has 0 heterocycles. The number of rotatable bonds is 6. The highest BCUT2D eigenvalue weighted by atomic mass is 35.5. The van der Waals surface area contributed by atoms with Crippen molar-refractivity contribution >= 4 is 50.6 Å². The summed E-state index contributed by atoms with van der Waals surface area (Å²) in [7, 11) is -3.76. The minimum Gasteiger partial charge on any atom is -0.507 e. The monoisotopic (exact) mass is 475 g/mol. The van der Waals surface area contributed by atoms with Crippen molar-refractivity contribution in [3.8, 4) is 17.2 Å². The molecule has 0 aliphatic carbocycles. The summed E-state index contributed by atoms with van der Waals surface area (Å²) in [5.41, 5.74) is 0.129. The molecule has 0 aliphatic rings. The third-order valence-electron chi connectivity index (χ3n) is 3.80. The summed E-state index contributed by atoms with van der Waals surface area (Å²) in [4.78, 5) is 22.9. The first kappa shape index (κ1) is 23.8. The van der Waals surface area contributed by atoms with Crippen molar-refractivity contribution in [2.24, 2.45) is 0 Å². The van der Waals surface area contributed by atoms with Gasteiger partial charge < -0.3 is 19.9 Å². The zero-order valence-corrected chi connectivity index (χ0v) is 18.6. The zero-order valence-electron chi connectivity index (χ0n) is 16.2. The summed E-state index contributed by atoms with van der Waals surface area (Å²) in [6.07, 6.45) is 0. The lowest BCUT2D eigenvalue weighted by molar-refractivity contribution is -0.152. The third-order valence-corrected chi connectivity index (χ3v) is 6.54. The Balaban J connectivity index is 2.32. The van der Waals surface area contributed by atoms with Gasteiger partial charge in [0.2, 0.25) is 0 Å². The number of benzene rings is 2. The fourth-order valence-electron chi connectivity index (χ4n) is 2.27. The van der Waals surface area contributed by atoms with E-state index < -0.39 is 32.7 Å². The molecule has 0 bridgehead atoms. The summed E-state index contributed by atoms with van der Waals surface area (Å²) >= 11 is 12.4. The van der Waals surface area contributed by atoms with Crippen molar-refractivity contribution in [2.45, 2.75) is 30.9 Å². The van der Waals surface area contributed by atoms with E-state index >= 15 is 0 Å². The number of aromatic hydroxyl groups is 1. The summed E-state index contributed by atoms with van der Waals surface area (Å²) < 4.78 is 35.0. The van der Waals surface area contributed by atoms with Crippen LogP contribution in [0.5, 0.6) is 17.2 Å². The van der Waals surface area contributed by atoms with E-state index in [4.69, 9.17) is 27.9 Å². The molecule has 8 nitrogen and oxygen atoms in total. The molecule has 0 aromatic heterocycles. The van der Waals surface area contributed by atoms with E-state index in [1.165, 1.54) is 38.1 Å². The normalized spacial score (nSPS) is 11.3. The maximum atomic E-state index is 12.4. The maximum Gasteiger partial charge on any atom is 0.397 e. The second-order valence-corrected chi connectivity index (χ2v) is 9.56. The van der Waals surface area contributed by atoms with Crippen LogP contribution < -0.4 is 10.1 Å². The van der Waals surface area contributed by atoms with E-state index in [0.29, 0.717) is 0 Å². The minimum absolute atomic E-state index is 0.00829. The number of halogens is 2. The van der Waals surface area contributed by atoms with Crippen LogP contribution in [0.4, 0.5) is 5.69 Å². The van der Waals surface area contributed by atoms with E-state index in [-0.39, 0.29) is 38.7 Å². The number of amides is 1. The van der Waals surface area contributed by atoms with Gasteiger partial charge in [-0.25, -0.2) is 13.2 Å². The molecule has 11 heteroatoms. The molecule has 0 aliphatic heterocycles. The standard InChI is InChI=1S/C19H19Cl2NO7S/c1-4-28-19(25)18(24)22-11-7-13(20)17(14(21)8-11)29-12-5-6-15(23)16(9-12)30(26,27)10(2)3/h5-10,23H,4H2,1-3H3,(H,22,24). The molecule has 0 radical (unpaired) electrons. The van der Waals surface area contributed by atoms with Gasteiger partial charge in [-0.15, -0.1) is 0 Å². The van der Waals surface area contributed by atoms with Crippen molar-refractivity contribution in [1.82, 2.24) is 0 Å². The first-order valence-electron chi connectivity index (χ1n) is 8.69. The van der Waals surface area contributed by atoms with E-state index in [1.54, 1.807) is 6.92 Å². The summed E-state index contributed by atoms with van der Waals surface area (Å²) in [5.74, 6) is -2.41. The molecule has 0 fully saturated rings. The Hall–Kier alpha value is -2.49. The number of sulfone groups is 1. The van der Waals surface area contributed by atoms with Crippen molar-refractivity contribution in [3.05, 3.63) is 40.4 Å². The number of anilines is 1. The zero-order chi connectivity index (χ0) is 22.6. The van der Waals surface area contributed by atoms with Gasteiger partial charge in [-0.2, -0.15) is 0 Å². The van der Waals surface area contributed by atoms with Gasteiger partial charge in [0.25, 0.3) is 0 Å². The van der Waals surface area contributed by atoms with Crippen LogP contribution in [0.2, 0.25) is 10.0 Å². The Labute approximate surface area is 183 Å². The lowest BCUT2D eigenvalue weighted by atomic mass is 10.2. The fraction of sp³-hybridized carbons (Fsp3) is 0.263. The Morgan fingerprint density at radius 2 is 1.73 bits per heavy atom. The molecule has 0 saturated carbocycles. The Morgan fingerprint density at radius 3 is 2.27 bits per heavy atom. The highest BCUT2D eigenvalue weighted by Crippen LogP contribution is 2.40. The van der Waals surface area contributed by atoms with Crippen LogP contribution in [0, 0.1) is 0 Å². The van der Waals surface area contributed by atoms with E-state index in [1.807, 2.05) is 0 Å². The second-order valence-electron chi connectivity index (χ2n) is 6.27. The van der Waals surface area contributed by atoms with Gasteiger partial charge >= 0.3 is 11.9 Å². The van der Waals surface area contributed by atoms with Crippen LogP contribution in [0.15, 0.2) is 35.2 Å². The minimum atomic E-state index is -3.76. The molecule has 0 unspecified atom stereocenters. The number of esters is 1. The second kappa shape index (κ2) is 9.55. The maximum absolute atomic E-state index is 12.4. The number of carbonyl (C=O) groups excluding carboxylic acids is 2. The molecule has 0 atom stereocenters. The molecule has 2 N–H and O–H groups in total. The SMILES string of the molecule is CCOC(=O)C(=O)Nc1cc(Cl)c(Oc2ccc(O)c(S(=O)(=O)C(C)C)c2)c(Cl)c1. The molecule has 0 saturated heterocycles. The Bertz CT molecular complexity index is 1060. The van der Waals surface area contributed by atoms with Crippen LogP contribution in [0.25, 0.3) is 0 Å². The first-order valence-corrected chi connectivity index (χ1v) is 11.0. The molecular formula is C19H19Cl2NO7S. The van der Waals surface area contributed by atoms with Crippen molar-refractivity contribution < 1.29 is 32.6 Å². The average molecular weight is 476 g/mol. The summed E-state index contributed by atoms with van der Waals surface area (Å²) in [6, 6.07) is 6.28. The van der Waals surface area contributed by atoms with Crippen molar-refractivity contribution in [2.75, 3.05) is 11.9 Å². The lowest BCUT2D eigenvalue weighted by Crippen LogP contribution is -2.24. The predicted molar refractivity (Wildman–Crippen MR) is 112 cm³/mol. The summed E-state index contributed by atoms with van der Waals surface area (Å²) in [5, 5.41) is 11.5. The number of hydrogen-bond donors (Lipinski definition) is 2. The number of phenolic OH excluding ortho intramolecular Hbond substituents is 1. The average Bonchev–Trinajstić information content (AvgIpc) is 2.65. The van der Waals surface area contributed by atoms with E-state index in [2.05, 4.69) is 10.1 Å². The molecule has 2 aromatic rings. The molecule has 30 heavy (non-hydrogen) atoms. The van der Waals surface area contributed by atoms with Gasteiger partial charge in [-0.05, 0) is 45.0 Å². The molecule has 0 spiro atoms. The van der Waals surface area contributed by atoms with Crippen LogP contribution >= 0.6 is 23.2 Å². The van der Waals surface area contributed by atoms with E-state index in [0.717, 1.165) is 6.07 Å². The number of ether oxygens (including phenoxy) is 2. The van der Waals surface area contributed by atoms with Gasteiger partial charge in [0.1, 0.15) is 16.4 Å². The smallest absolute Gasteiger partial charge is 0.397 e. The Morgan fingerprint density at radius 1 is 1.13 bits per heavy atom. The van der Waals surface area contributed by atoms with Gasteiger partial charge in [0.05, 0.1) is 21.9 Å². The van der Waals surface area contributed by atoms with E-state index in [9.17, 15) is 23.1 Å². The van der Waals surface area contributed by atoms with Crippen LogP contribution in [0.3, 0.4) is 0 Å². The summed E-state index contributed by atoms with van der Waals surface area (Å²) in [6.45, 7) is 4.58. The number of carbonyl (C=O) groups is 2. The molecule has 2 aromatic carbocycles.